The van der Waals surface area contributed by atoms with E-state index >= 15 is 4.79 Å². The van der Waals surface area contributed by atoms with Crippen LogP contribution in [0.1, 0.15) is 35.4 Å². The average Bonchev–Trinajstić information content (AvgIpc) is 3.51. The lowest BCUT2D eigenvalue weighted by Crippen LogP contribution is -2.53. The molecule has 10 heteroatoms. The van der Waals surface area contributed by atoms with Gasteiger partial charge in [0.2, 0.25) is 11.8 Å². The smallest absolute Gasteiger partial charge is 0.260 e. The molecule has 0 spiro atoms. The first-order valence-corrected chi connectivity index (χ1v) is 17.4. The fourth-order valence-corrected chi connectivity index (χ4v) is 9.09. The number of benzene rings is 4. The molecule has 50 heavy (non-hydrogen) atoms. The van der Waals surface area contributed by atoms with E-state index in [4.69, 9.17) is 4.74 Å². The lowest BCUT2D eigenvalue weighted by atomic mass is 9.49. The van der Waals surface area contributed by atoms with Gasteiger partial charge in [-0.15, -0.1) is 0 Å². The van der Waals surface area contributed by atoms with Gasteiger partial charge in [-0.3, -0.25) is 29.5 Å². The number of fused-ring (bicyclic) bond motifs is 4. The summed E-state index contributed by atoms with van der Waals surface area (Å²) in [6.45, 7) is 1.95. The highest BCUT2D eigenvalue weighted by molar-refractivity contribution is 9.10. The van der Waals surface area contributed by atoms with Gasteiger partial charge >= 0.3 is 0 Å². The fourth-order valence-electron chi connectivity index (χ4n) is 8.83. The van der Waals surface area contributed by atoms with Crippen LogP contribution in [0, 0.1) is 30.6 Å². The summed E-state index contributed by atoms with van der Waals surface area (Å²) in [4.78, 5) is 59.7. The number of hydrazine groups is 1. The van der Waals surface area contributed by atoms with E-state index in [1.54, 1.807) is 36.4 Å². The average molecular weight is 733 g/mol. The van der Waals surface area contributed by atoms with Crippen LogP contribution in [0.5, 0.6) is 11.5 Å². The highest BCUT2D eigenvalue weighted by Gasteiger charge is 2.70. The van der Waals surface area contributed by atoms with E-state index in [2.05, 4.69) is 21.4 Å². The summed E-state index contributed by atoms with van der Waals surface area (Å²) in [5, 5.41) is 12.7. The van der Waals surface area contributed by atoms with Crippen molar-refractivity contribution in [3.05, 3.63) is 130 Å². The fraction of sp³-hybridized carbons (Fsp3) is 0.250. The second kappa shape index (κ2) is 12.0. The third-order valence-electron chi connectivity index (χ3n) is 11.0. The molecule has 2 saturated heterocycles. The standard InChI is InChI=1S/C40H34BrN3O6/c1-22-8-12-25(13-9-22)42-44-37(47)32-21-30-28(17-18-29-34(30)38(48)43(36(29)46)26-14-10-24(41)11-15-26)35(31-20-27(50-2)16-19-33(31)45)40(32,39(44)49)23-6-4-3-5-7-23/h3-17,19-20,29-30,32,34-35,42,45H,18,21H2,1-2H3/t29-,30+,32-,34-,35+,40+/m0/s1. The third-order valence-corrected chi connectivity index (χ3v) is 11.6. The summed E-state index contributed by atoms with van der Waals surface area (Å²) in [6.07, 6.45) is 2.41. The predicted molar refractivity (Wildman–Crippen MR) is 190 cm³/mol. The Balaban J connectivity index is 1.33. The van der Waals surface area contributed by atoms with Gasteiger partial charge in [-0.1, -0.05) is 75.6 Å². The minimum Gasteiger partial charge on any atom is -0.508 e. The van der Waals surface area contributed by atoms with Crippen LogP contribution in [0.3, 0.4) is 0 Å². The van der Waals surface area contributed by atoms with Crippen molar-refractivity contribution in [3.63, 3.8) is 0 Å². The number of aromatic hydroxyl groups is 1. The number of rotatable bonds is 6. The molecule has 2 N–H and O–H groups in total. The van der Waals surface area contributed by atoms with Crippen LogP contribution in [0.25, 0.3) is 0 Å². The topological polar surface area (TPSA) is 116 Å². The molecule has 2 aliphatic carbocycles. The Bertz CT molecular complexity index is 2080. The zero-order valence-corrected chi connectivity index (χ0v) is 29.0. The van der Waals surface area contributed by atoms with E-state index in [-0.39, 0.29) is 30.4 Å². The van der Waals surface area contributed by atoms with Gasteiger partial charge in [0, 0.05) is 16.0 Å². The lowest BCUT2D eigenvalue weighted by molar-refractivity contribution is -0.138. The molecule has 8 rings (SSSR count). The van der Waals surface area contributed by atoms with E-state index in [0.717, 1.165) is 20.6 Å². The van der Waals surface area contributed by atoms with Crippen LogP contribution in [0.2, 0.25) is 0 Å². The molecular formula is C40H34BrN3O6. The number of phenols is 1. The number of nitrogens with one attached hydrogen (secondary N) is 1. The second-order valence-electron chi connectivity index (χ2n) is 13.5. The van der Waals surface area contributed by atoms with E-state index in [1.165, 1.54) is 18.1 Å². The minimum atomic E-state index is -1.49. The molecule has 2 aliphatic heterocycles. The summed E-state index contributed by atoms with van der Waals surface area (Å²) in [5.74, 6) is -4.84. The maximum absolute atomic E-state index is 15.2. The number of anilines is 2. The third kappa shape index (κ3) is 4.65. The van der Waals surface area contributed by atoms with Crippen molar-refractivity contribution < 1.29 is 29.0 Å². The molecule has 4 amide bonds. The molecule has 6 atom stereocenters. The maximum atomic E-state index is 15.2. The first kappa shape index (κ1) is 32.0. The highest BCUT2D eigenvalue weighted by Crippen LogP contribution is 2.65. The Hall–Kier alpha value is -5.22. The Labute approximate surface area is 297 Å². The van der Waals surface area contributed by atoms with Crippen molar-refractivity contribution in [2.45, 2.75) is 31.1 Å². The number of phenolic OH excluding ortho intramolecular Hbond substituents is 1. The zero-order chi connectivity index (χ0) is 34.9. The van der Waals surface area contributed by atoms with Gasteiger partial charge in [0.05, 0.1) is 41.7 Å². The summed E-state index contributed by atoms with van der Waals surface area (Å²) in [5.41, 5.74) is 5.47. The van der Waals surface area contributed by atoms with Crippen molar-refractivity contribution in [2.75, 3.05) is 17.4 Å². The van der Waals surface area contributed by atoms with Crippen LogP contribution in [0.15, 0.2) is 113 Å². The Kier molecular flexibility index (Phi) is 7.67. The molecule has 3 fully saturated rings. The van der Waals surface area contributed by atoms with E-state index in [1.807, 2.05) is 67.6 Å². The van der Waals surface area contributed by atoms with Gasteiger partial charge in [-0.2, -0.15) is 5.01 Å². The predicted octanol–water partition coefficient (Wildman–Crippen LogP) is 6.66. The number of aryl methyl sites for hydroxylation is 1. The number of hydrogen-bond donors (Lipinski definition) is 2. The van der Waals surface area contributed by atoms with Crippen LogP contribution < -0.4 is 15.1 Å². The number of carbonyl (C=O) groups excluding carboxylic acids is 4. The van der Waals surface area contributed by atoms with E-state index in [9.17, 15) is 19.5 Å². The molecule has 9 nitrogen and oxygen atoms in total. The number of carbonyl (C=O) groups is 4. The van der Waals surface area contributed by atoms with Gasteiger partial charge in [0.1, 0.15) is 11.5 Å². The SMILES string of the molecule is COc1ccc(O)c([C@H]2C3=CC[C@@H]4C(=O)N(c5ccc(Br)cc5)C(=O)[C@@H]4[C@@H]3C[C@H]3C(=O)N(Nc4ccc(C)cc4)C(=O)[C@@]23c2ccccc2)c1. The molecule has 0 radical (unpaired) electrons. The Morgan fingerprint density at radius 3 is 2.28 bits per heavy atom. The normalized spacial score (nSPS) is 27.1. The number of ether oxygens (including phenoxy) is 1. The van der Waals surface area contributed by atoms with Crippen LogP contribution in [0.4, 0.5) is 11.4 Å². The molecule has 4 aromatic carbocycles. The number of amides is 4. The first-order chi connectivity index (χ1) is 24.1. The lowest BCUT2D eigenvalue weighted by Gasteiger charge is -2.50. The van der Waals surface area contributed by atoms with Crippen molar-refractivity contribution in [1.82, 2.24) is 5.01 Å². The van der Waals surface area contributed by atoms with Gasteiger partial charge in [-0.25, -0.2) is 0 Å². The molecular weight excluding hydrogens is 698 g/mol. The molecule has 252 valence electrons. The molecule has 0 bridgehead atoms. The number of halogens is 1. The number of allylic oxidation sites excluding steroid dienone is 2. The molecule has 2 heterocycles. The molecule has 1 saturated carbocycles. The Morgan fingerprint density at radius 2 is 1.58 bits per heavy atom. The minimum absolute atomic E-state index is 0.0657. The van der Waals surface area contributed by atoms with Crippen molar-refractivity contribution >= 4 is 50.9 Å². The first-order valence-electron chi connectivity index (χ1n) is 16.6. The van der Waals surface area contributed by atoms with Crippen molar-refractivity contribution in [2.24, 2.45) is 23.7 Å². The monoisotopic (exact) mass is 731 g/mol. The molecule has 0 unspecified atom stereocenters. The van der Waals surface area contributed by atoms with Gasteiger partial charge in [0.15, 0.2) is 0 Å². The number of hydrogen-bond acceptors (Lipinski definition) is 7. The summed E-state index contributed by atoms with van der Waals surface area (Å²) >= 11 is 3.43. The number of nitrogens with zero attached hydrogens (tertiary/aromatic N) is 2. The van der Waals surface area contributed by atoms with Crippen LogP contribution in [-0.2, 0) is 24.6 Å². The largest absolute Gasteiger partial charge is 0.508 e. The van der Waals surface area contributed by atoms with Crippen LogP contribution in [-0.4, -0.2) is 40.9 Å². The van der Waals surface area contributed by atoms with Gasteiger partial charge in [0.25, 0.3) is 11.8 Å². The Morgan fingerprint density at radius 1 is 0.860 bits per heavy atom. The van der Waals surface area contributed by atoms with Crippen molar-refractivity contribution in [3.8, 4) is 11.5 Å². The van der Waals surface area contributed by atoms with E-state index in [0.29, 0.717) is 28.3 Å². The van der Waals surface area contributed by atoms with E-state index < -0.39 is 46.8 Å². The second-order valence-corrected chi connectivity index (χ2v) is 14.4. The van der Waals surface area contributed by atoms with Gasteiger partial charge < -0.3 is 9.84 Å². The molecule has 0 aromatic heterocycles. The molecule has 4 aromatic rings. The quantitative estimate of drug-likeness (QED) is 0.168. The van der Waals surface area contributed by atoms with Crippen molar-refractivity contribution in [1.29, 1.82) is 0 Å². The molecule has 4 aliphatic rings. The number of methoxy groups -OCH3 is 1. The highest BCUT2D eigenvalue weighted by atomic mass is 79.9. The van der Waals surface area contributed by atoms with Crippen LogP contribution >= 0.6 is 15.9 Å². The summed E-state index contributed by atoms with van der Waals surface area (Å²) in [7, 11) is 1.52. The summed E-state index contributed by atoms with van der Waals surface area (Å²) in [6, 6.07) is 28.6. The maximum Gasteiger partial charge on any atom is 0.260 e. The summed E-state index contributed by atoms with van der Waals surface area (Å²) < 4.78 is 6.42. The number of imide groups is 2. The zero-order valence-electron chi connectivity index (χ0n) is 27.4. The van der Waals surface area contributed by atoms with Gasteiger partial charge in [-0.05, 0) is 85.8 Å².